The second kappa shape index (κ2) is 8.60. The molecule has 0 spiro atoms. The molecular weight excluding hydrogens is 304 g/mol. The Balaban J connectivity index is 2.14. The predicted octanol–water partition coefficient (Wildman–Crippen LogP) is 3.88. The average Bonchev–Trinajstić information content (AvgIpc) is 2.55. The van der Waals surface area contributed by atoms with Crippen LogP contribution in [0.15, 0.2) is 48.5 Å². The highest BCUT2D eigenvalue weighted by Crippen LogP contribution is 2.25. The Morgan fingerprint density at radius 2 is 1.96 bits per heavy atom. The summed E-state index contributed by atoms with van der Waals surface area (Å²) >= 11 is 1.48. The van der Waals surface area contributed by atoms with Gasteiger partial charge in [0.2, 0.25) is 0 Å². The fourth-order valence-electron chi connectivity index (χ4n) is 2.45. The molecule has 0 heterocycles. The van der Waals surface area contributed by atoms with Crippen LogP contribution in [-0.2, 0) is 13.1 Å². The summed E-state index contributed by atoms with van der Waals surface area (Å²) in [6, 6.07) is 16.5. The van der Waals surface area contributed by atoms with Crippen LogP contribution in [0.25, 0.3) is 0 Å². The lowest BCUT2D eigenvalue weighted by molar-refractivity contribution is 0.904. The van der Waals surface area contributed by atoms with Crippen LogP contribution in [0.4, 0.5) is 11.4 Å². The topological polar surface area (TPSA) is 65.1 Å². The van der Waals surface area contributed by atoms with Crippen LogP contribution in [0.3, 0.4) is 0 Å². The smallest absolute Gasteiger partial charge is 0.158 e. The molecule has 4 nitrogen and oxygen atoms in total. The molecule has 0 aliphatic carbocycles. The third kappa shape index (κ3) is 5.01. The Morgan fingerprint density at radius 1 is 1.22 bits per heavy atom. The second-order valence-electron chi connectivity index (χ2n) is 5.28. The van der Waals surface area contributed by atoms with Crippen molar-refractivity contribution in [1.82, 2.24) is 0 Å². The Morgan fingerprint density at radius 3 is 2.61 bits per heavy atom. The normalized spacial score (nSPS) is 10.4. The molecule has 0 bridgehead atoms. The first-order valence-electron chi connectivity index (χ1n) is 7.70. The number of nitrogens with one attached hydrogen (secondary N) is 2. The Kier molecular flexibility index (Phi) is 6.50. The van der Waals surface area contributed by atoms with Gasteiger partial charge in [0.25, 0.3) is 0 Å². The molecule has 0 aromatic heterocycles. The molecular formula is C18H24N4S. The highest BCUT2D eigenvalue weighted by atomic mass is 32.2. The van der Waals surface area contributed by atoms with Gasteiger partial charge < -0.3 is 16.0 Å². The molecule has 0 saturated heterocycles. The van der Waals surface area contributed by atoms with Crippen LogP contribution in [0.5, 0.6) is 0 Å². The minimum absolute atomic E-state index is 0.459. The van der Waals surface area contributed by atoms with Gasteiger partial charge in [0.05, 0.1) is 0 Å². The molecule has 5 heteroatoms. The highest BCUT2D eigenvalue weighted by molar-refractivity contribution is 8.14. The molecule has 122 valence electrons. The van der Waals surface area contributed by atoms with Crippen LogP contribution >= 0.6 is 11.8 Å². The fourth-order valence-corrected chi connectivity index (χ4v) is 2.93. The maximum Gasteiger partial charge on any atom is 0.158 e. The number of anilines is 2. The highest BCUT2D eigenvalue weighted by Gasteiger charge is 2.09. The van der Waals surface area contributed by atoms with Gasteiger partial charge in [-0.15, -0.1) is 0 Å². The van der Waals surface area contributed by atoms with E-state index in [2.05, 4.69) is 47.6 Å². The molecule has 0 aliphatic rings. The third-order valence-corrected chi connectivity index (χ3v) is 4.20. The first kappa shape index (κ1) is 17.4. The van der Waals surface area contributed by atoms with Crippen molar-refractivity contribution in [2.24, 2.45) is 5.73 Å². The zero-order chi connectivity index (χ0) is 16.7. The van der Waals surface area contributed by atoms with E-state index in [-0.39, 0.29) is 0 Å². The molecule has 0 atom stereocenters. The lowest BCUT2D eigenvalue weighted by atomic mass is 10.1. The molecule has 2 aromatic carbocycles. The van der Waals surface area contributed by atoms with E-state index in [4.69, 9.17) is 11.1 Å². The first-order chi connectivity index (χ1) is 11.1. The van der Waals surface area contributed by atoms with Crippen molar-refractivity contribution in [1.29, 1.82) is 5.41 Å². The Hall–Kier alpha value is -1.98. The van der Waals surface area contributed by atoms with E-state index < -0.39 is 0 Å². The standard InChI is InChI=1S/C18H24N4S/c1-3-23-18(20)21-16-9-10-17(15(11-16)12-19)22(2)13-14-7-5-4-6-8-14/h4-11H,3,12-13,19H2,1-2H3,(H2,20,21). The molecule has 0 amide bonds. The van der Waals surface area contributed by atoms with E-state index in [1.807, 2.05) is 25.1 Å². The molecule has 2 aromatic rings. The van der Waals surface area contributed by atoms with E-state index in [0.29, 0.717) is 11.7 Å². The summed E-state index contributed by atoms with van der Waals surface area (Å²) in [4.78, 5) is 2.20. The SMILES string of the molecule is CCSC(=N)Nc1ccc(N(C)Cc2ccccc2)c(CN)c1. The van der Waals surface area contributed by atoms with E-state index in [1.54, 1.807) is 0 Å². The van der Waals surface area contributed by atoms with Gasteiger partial charge >= 0.3 is 0 Å². The summed E-state index contributed by atoms with van der Waals surface area (Å²) in [5.41, 5.74) is 10.3. The van der Waals surface area contributed by atoms with Crippen LogP contribution in [0, 0.1) is 5.41 Å². The minimum atomic E-state index is 0.459. The van der Waals surface area contributed by atoms with Crippen molar-refractivity contribution in [3.8, 4) is 0 Å². The molecule has 0 saturated carbocycles. The largest absolute Gasteiger partial charge is 0.370 e. The number of hydrogen-bond donors (Lipinski definition) is 3. The average molecular weight is 328 g/mol. The van der Waals surface area contributed by atoms with E-state index in [0.717, 1.165) is 29.2 Å². The number of thioether (sulfide) groups is 1. The van der Waals surface area contributed by atoms with Crippen molar-refractivity contribution in [3.05, 3.63) is 59.7 Å². The molecule has 4 N–H and O–H groups in total. The van der Waals surface area contributed by atoms with E-state index in [9.17, 15) is 0 Å². The number of amidine groups is 1. The van der Waals surface area contributed by atoms with E-state index in [1.165, 1.54) is 17.3 Å². The summed E-state index contributed by atoms with van der Waals surface area (Å²) in [5, 5.41) is 11.4. The van der Waals surface area contributed by atoms with Gasteiger partial charge in [-0.1, -0.05) is 49.0 Å². The number of nitrogens with two attached hydrogens (primary N) is 1. The van der Waals surface area contributed by atoms with Gasteiger partial charge in [-0.2, -0.15) is 0 Å². The minimum Gasteiger partial charge on any atom is -0.370 e. The molecule has 0 fully saturated rings. The summed E-state index contributed by atoms with van der Waals surface area (Å²) in [6.07, 6.45) is 0. The number of benzene rings is 2. The van der Waals surface area contributed by atoms with Crippen molar-refractivity contribution < 1.29 is 0 Å². The van der Waals surface area contributed by atoms with Gasteiger partial charge in [0.1, 0.15) is 0 Å². The third-order valence-electron chi connectivity index (χ3n) is 3.52. The van der Waals surface area contributed by atoms with Crippen molar-refractivity contribution in [2.75, 3.05) is 23.0 Å². The van der Waals surface area contributed by atoms with Gasteiger partial charge in [0, 0.05) is 31.5 Å². The molecule has 0 unspecified atom stereocenters. The lowest BCUT2D eigenvalue weighted by Gasteiger charge is -2.23. The summed E-state index contributed by atoms with van der Waals surface area (Å²) in [5.74, 6) is 0.882. The maximum atomic E-state index is 7.85. The predicted molar refractivity (Wildman–Crippen MR) is 102 cm³/mol. The number of nitrogens with zero attached hydrogens (tertiary/aromatic N) is 1. The van der Waals surface area contributed by atoms with Gasteiger partial charge in [-0.05, 0) is 35.1 Å². The number of hydrogen-bond acceptors (Lipinski definition) is 4. The van der Waals surface area contributed by atoms with Crippen LogP contribution in [0.1, 0.15) is 18.1 Å². The molecule has 0 radical (unpaired) electrons. The lowest BCUT2D eigenvalue weighted by Crippen LogP contribution is -2.19. The Labute approximate surface area is 142 Å². The zero-order valence-electron chi connectivity index (χ0n) is 13.7. The van der Waals surface area contributed by atoms with Crippen LogP contribution < -0.4 is 16.0 Å². The van der Waals surface area contributed by atoms with Crippen molar-refractivity contribution in [2.45, 2.75) is 20.0 Å². The van der Waals surface area contributed by atoms with Gasteiger partial charge in [0.15, 0.2) is 5.17 Å². The maximum absolute atomic E-state index is 7.85. The summed E-state index contributed by atoms with van der Waals surface area (Å²) in [7, 11) is 2.07. The summed E-state index contributed by atoms with van der Waals surface area (Å²) < 4.78 is 0. The number of rotatable bonds is 6. The first-order valence-corrected chi connectivity index (χ1v) is 8.69. The molecule has 0 aliphatic heterocycles. The zero-order valence-corrected chi connectivity index (χ0v) is 14.5. The molecule has 2 rings (SSSR count). The van der Waals surface area contributed by atoms with Crippen molar-refractivity contribution >= 4 is 28.3 Å². The quantitative estimate of drug-likeness (QED) is 0.556. The van der Waals surface area contributed by atoms with Crippen LogP contribution in [0.2, 0.25) is 0 Å². The monoisotopic (exact) mass is 328 g/mol. The fraction of sp³-hybridized carbons (Fsp3) is 0.278. The van der Waals surface area contributed by atoms with Gasteiger partial charge in [-0.3, -0.25) is 5.41 Å². The summed E-state index contributed by atoms with van der Waals surface area (Å²) in [6.45, 7) is 3.34. The van der Waals surface area contributed by atoms with Crippen LogP contribution in [-0.4, -0.2) is 18.0 Å². The van der Waals surface area contributed by atoms with Crippen molar-refractivity contribution in [3.63, 3.8) is 0 Å². The molecule has 23 heavy (non-hydrogen) atoms. The van der Waals surface area contributed by atoms with E-state index >= 15 is 0 Å². The Bertz CT molecular complexity index is 643. The second-order valence-corrected chi connectivity index (χ2v) is 6.55. The van der Waals surface area contributed by atoms with Gasteiger partial charge in [-0.25, -0.2) is 0 Å².